The molecule has 0 aromatic carbocycles. The third-order valence-electron chi connectivity index (χ3n) is 4.06. The zero-order valence-corrected chi connectivity index (χ0v) is 12.5. The normalized spacial score (nSPS) is 25.4. The van der Waals surface area contributed by atoms with Crippen LogP contribution in [0.1, 0.15) is 32.3 Å². The van der Waals surface area contributed by atoms with Crippen molar-refractivity contribution in [3.63, 3.8) is 0 Å². The van der Waals surface area contributed by atoms with Crippen LogP contribution in [0.2, 0.25) is 0 Å². The molecular formula is C16H25N3O. The molecule has 2 fully saturated rings. The van der Waals surface area contributed by atoms with Gasteiger partial charge in [-0.15, -0.1) is 0 Å². The Bertz CT molecular complexity index is 437. The van der Waals surface area contributed by atoms with Crippen molar-refractivity contribution in [2.24, 2.45) is 5.92 Å². The largest absolute Gasteiger partial charge is 0.371 e. The first-order valence-corrected chi connectivity index (χ1v) is 7.77. The number of hydrogen-bond acceptors (Lipinski definition) is 4. The Balaban J connectivity index is 1.62. The molecule has 1 aromatic rings. The van der Waals surface area contributed by atoms with Gasteiger partial charge in [-0.2, -0.15) is 0 Å². The van der Waals surface area contributed by atoms with Crippen molar-refractivity contribution >= 4 is 5.82 Å². The minimum atomic E-state index is 0.415. The Kier molecular flexibility index (Phi) is 4.22. The predicted molar refractivity (Wildman–Crippen MR) is 80.9 cm³/mol. The maximum Gasteiger partial charge on any atom is 0.128 e. The standard InChI is InChI=1S/C16H25N3O/c1-12(2)8-17-9-13-5-6-18-16(7-13)19-10-14-3-4-15(11-19)20-14/h5-7,12,14-15,17H,3-4,8-11H2,1-2H3. The van der Waals surface area contributed by atoms with E-state index < -0.39 is 0 Å². The third-order valence-corrected chi connectivity index (χ3v) is 4.06. The maximum absolute atomic E-state index is 5.89. The molecule has 2 saturated heterocycles. The summed E-state index contributed by atoms with van der Waals surface area (Å²) >= 11 is 0. The van der Waals surface area contributed by atoms with Crippen LogP contribution in [0.5, 0.6) is 0 Å². The van der Waals surface area contributed by atoms with Crippen molar-refractivity contribution < 1.29 is 4.74 Å². The lowest BCUT2D eigenvalue weighted by molar-refractivity contribution is 0.0302. The number of nitrogens with zero attached hydrogens (tertiary/aromatic N) is 2. The summed E-state index contributed by atoms with van der Waals surface area (Å²) in [4.78, 5) is 6.93. The van der Waals surface area contributed by atoms with Gasteiger partial charge in [0.05, 0.1) is 12.2 Å². The van der Waals surface area contributed by atoms with Crippen LogP contribution in [0, 0.1) is 5.92 Å². The Labute approximate surface area is 121 Å². The summed E-state index contributed by atoms with van der Waals surface area (Å²) in [5.74, 6) is 1.79. The predicted octanol–water partition coefficient (Wildman–Crippen LogP) is 2.19. The molecule has 2 aliphatic heterocycles. The lowest BCUT2D eigenvalue weighted by Gasteiger charge is -2.33. The van der Waals surface area contributed by atoms with Crippen molar-refractivity contribution in [1.82, 2.24) is 10.3 Å². The fourth-order valence-electron chi connectivity index (χ4n) is 3.05. The first-order valence-electron chi connectivity index (χ1n) is 7.77. The third kappa shape index (κ3) is 3.30. The smallest absolute Gasteiger partial charge is 0.128 e. The van der Waals surface area contributed by atoms with Gasteiger partial charge in [-0.3, -0.25) is 0 Å². The van der Waals surface area contributed by atoms with Gasteiger partial charge in [0.15, 0.2) is 0 Å². The lowest BCUT2D eigenvalue weighted by Crippen LogP contribution is -2.43. The van der Waals surface area contributed by atoms with E-state index in [1.807, 2.05) is 6.20 Å². The van der Waals surface area contributed by atoms with Gasteiger partial charge in [-0.05, 0) is 43.0 Å². The molecule has 1 N–H and O–H groups in total. The van der Waals surface area contributed by atoms with Gasteiger partial charge in [-0.1, -0.05) is 13.8 Å². The summed E-state index contributed by atoms with van der Waals surface area (Å²) < 4.78 is 5.89. The second kappa shape index (κ2) is 6.10. The zero-order chi connectivity index (χ0) is 13.9. The van der Waals surface area contributed by atoms with E-state index in [4.69, 9.17) is 4.74 Å². The highest BCUT2D eigenvalue weighted by molar-refractivity contribution is 5.42. The molecule has 0 radical (unpaired) electrons. The van der Waals surface area contributed by atoms with Gasteiger partial charge >= 0.3 is 0 Å². The molecule has 0 aliphatic carbocycles. The van der Waals surface area contributed by atoms with Gasteiger partial charge in [-0.25, -0.2) is 4.98 Å². The molecule has 3 rings (SSSR count). The summed E-state index contributed by atoms with van der Waals surface area (Å²) in [5, 5.41) is 3.49. The lowest BCUT2D eigenvalue weighted by atomic mass is 10.2. The molecule has 3 heterocycles. The van der Waals surface area contributed by atoms with Gasteiger partial charge < -0.3 is 15.0 Å². The molecule has 2 atom stereocenters. The summed E-state index contributed by atoms with van der Waals surface area (Å²) in [7, 11) is 0. The van der Waals surface area contributed by atoms with Crippen molar-refractivity contribution in [3.8, 4) is 0 Å². The van der Waals surface area contributed by atoms with Crippen LogP contribution in [0.3, 0.4) is 0 Å². The average molecular weight is 275 g/mol. The number of morpholine rings is 1. The fourth-order valence-corrected chi connectivity index (χ4v) is 3.05. The highest BCUT2D eigenvalue weighted by Gasteiger charge is 2.34. The van der Waals surface area contributed by atoms with Gasteiger partial charge in [0.2, 0.25) is 0 Å². The number of nitrogens with one attached hydrogen (secondary N) is 1. The van der Waals surface area contributed by atoms with E-state index in [0.717, 1.165) is 32.0 Å². The van der Waals surface area contributed by atoms with Gasteiger partial charge in [0, 0.05) is 25.8 Å². The molecule has 2 aliphatic rings. The van der Waals surface area contributed by atoms with Crippen molar-refractivity contribution in [2.45, 2.75) is 45.4 Å². The second-order valence-corrected chi connectivity index (χ2v) is 6.41. The van der Waals surface area contributed by atoms with Crippen molar-refractivity contribution in [1.29, 1.82) is 0 Å². The molecule has 0 spiro atoms. The number of rotatable bonds is 5. The van der Waals surface area contributed by atoms with Crippen LogP contribution in [-0.4, -0.2) is 36.8 Å². The van der Waals surface area contributed by atoms with Crippen LogP contribution < -0.4 is 10.2 Å². The summed E-state index contributed by atoms with van der Waals surface area (Å²) in [5.41, 5.74) is 1.31. The monoisotopic (exact) mass is 275 g/mol. The Morgan fingerprint density at radius 3 is 2.80 bits per heavy atom. The van der Waals surface area contributed by atoms with Crippen LogP contribution in [0.15, 0.2) is 18.3 Å². The molecule has 0 amide bonds. The van der Waals surface area contributed by atoms with E-state index in [1.165, 1.54) is 18.4 Å². The number of pyridine rings is 1. The summed E-state index contributed by atoms with van der Waals surface area (Å²) in [6, 6.07) is 4.32. The van der Waals surface area contributed by atoms with Crippen molar-refractivity contribution in [3.05, 3.63) is 23.9 Å². The number of ether oxygens (including phenoxy) is 1. The van der Waals surface area contributed by atoms with E-state index in [0.29, 0.717) is 18.1 Å². The second-order valence-electron chi connectivity index (χ2n) is 6.41. The molecular weight excluding hydrogens is 250 g/mol. The Morgan fingerprint density at radius 1 is 1.35 bits per heavy atom. The quantitative estimate of drug-likeness (QED) is 0.894. The Hall–Kier alpha value is -1.13. The molecule has 110 valence electrons. The number of fused-ring (bicyclic) bond motifs is 2. The van der Waals surface area contributed by atoms with Crippen LogP contribution in [0.4, 0.5) is 5.82 Å². The fraction of sp³-hybridized carbons (Fsp3) is 0.688. The first-order chi connectivity index (χ1) is 9.70. The highest BCUT2D eigenvalue weighted by Crippen LogP contribution is 2.28. The maximum atomic E-state index is 5.89. The molecule has 20 heavy (non-hydrogen) atoms. The molecule has 4 heteroatoms. The number of hydrogen-bond donors (Lipinski definition) is 1. The van der Waals surface area contributed by atoms with Gasteiger partial charge in [0.25, 0.3) is 0 Å². The van der Waals surface area contributed by atoms with E-state index in [-0.39, 0.29) is 0 Å². The minimum absolute atomic E-state index is 0.415. The molecule has 1 aromatic heterocycles. The van der Waals surface area contributed by atoms with Crippen molar-refractivity contribution in [2.75, 3.05) is 24.5 Å². The van der Waals surface area contributed by atoms with Crippen LogP contribution in [-0.2, 0) is 11.3 Å². The minimum Gasteiger partial charge on any atom is -0.371 e. The Morgan fingerprint density at radius 2 is 2.10 bits per heavy atom. The highest BCUT2D eigenvalue weighted by atomic mass is 16.5. The van der Waals surface area contributed by atoms with E-state index in [2.05, 4.69) is 41.2 Å². The average Bonchev–Trinajstić information content (AvgIpc) is 2.77. The van der Waals surface area contributed by atoms with Crippen LogP contribution in [0.25, 0.3) is 0 Å². The molecule has 2 bridgehead atoms. The van der Waals surface area contributed by atoms with E-state index >= 15 is 0 Å². The molecule has 4 nitrogen and oxygen atoms in total. The zero-order valence-electron chi connectivity index (χ0n) is 12.5. The SMILES string of the molecule is CC(C)CNCc1ccnc(N2CC3CCC(C2)O3)c1. The summed E-state index contributed by atoms with van der Waals surface area (Å²) in [6.45, 7) is 8.42. The number of aromatic nitrogens is 1. The van der Waals surface area contributed by atoms with Crippen LogP contribution >= 0.6 is 0 Å². The van der Waals surface area contributed by atoms with E-state index in [1.54, 1.807) is 0 Å². The van der Waals surface area contributed by atoms with E-state index in [9.17, 15) is 0 Å². The summed E-state index contributed by atoms with van der Waals surface area (Å²) in [6.07, 6.45) is 5.17. The molecule has 0 saturated carbocycles. The number of anilines is 1. The topological polar surface area (TPSA) is 37.4 Å². The molecule has 2 unspecified atom stereocenters. The first kappa shape index (κ1) is 13.8. The van der Waals surface area contributed by atoms with Gasteiger partial charge in [0.1, 0.15) is 5.82 Å².